The van der Waals surface area contributed by atoms with Crippen LogP contribution >= 0.6 is 0 Å². The Balaban J connectivity index is 2.90. The molecule has 22 heavy (non-hydrogen) atoms. The average molecular weight is 306 g/mol. The van der Waals surface area contributed by atoms with Crippen LogP contribution in [0.5, 0.6) is 0 Å². The highest BCUT2D eigenvalue weighted by Gasteiger charge is 2.39. The summed E-state index contributed by atoms with van der Waals surface area (Å²) in [5.41, 5.74) is -0.551. The monoisotopic (exact) mass is 306 g/mol. The molecule has 0 heterocycles. The molecule has 1 aromatic carbocycles. The molecule has 0 spiro atoms. The van der Waals surface area contributed by atoms with E-state index >= 15 is 0 Å². The number of aliphatic carboxylic acids is 1. The van der Waals surface area contributed by atoms with Gasteiger partial charge >= 0.3 is 5.97 Å². The molecule has 0 aliphatic rings. The number of hydrogen-bond donors (Lipinski definition) is 3. The summed E-state index contributed by atoms with van der Waals surface area (Å²) in [7, 11) is 0. The van der Waals surface area contributed by atoms with E-state index in [-0.39, 0.29) is 12.5 Å². The summed E-state index contributed by atoms with van der Waals surface area (Å²) in [6.07, 6.45) is 0.334. The normalized spacial score (nSPS) is 14.5. The third-order valence-corrected chi connectivity index (χ3v) is 3.72. The maximum atomic E-state index is 12.0. The van der Waals surface area contributed by atoms with Crippen LogP contribution in [0.1, 0.15) is 32.8 Å². The van der Waals surface area contributed by atoms with Crippen LogP contribution in [-0.2, 0) is 19.8 Å². The van der Waals surface area contributed by atoms with E-state index in [4.69, 9.17) is 0 Å². The predicted molar refractivity (Wildman–Crippen MR) is 82.3 cm³/mol. The quantitative estimate of drug-likeness (QED) is 0.702. The zero-order valence-electron chi connectivity index (χ0n) is 13.1. The molecule has 2 unspecified atom stereocenters. The van der Waals surface area contributed by atoms with Gasteiger partial charge in [-0.05, 0) is 18.9 Å². The van der Waals surface area contributed by atoms with Gasteiger partial charge in [0, 0.05) is 13.5 Å². The molecule has 0 aliphatic heterocycles. The molecule has 0 aliphatic carbocycles. The molecule has 0 radical (unpaired) electrons. The average Bonchev–Trinajstić information content (AvgIpc) is 2.48. The van der Waals surface area contributed by atoms with Crippen molar-refractivity contribution in [3.8, 4) is 0 Å². The molecule has 0 bridgehead atoms. The van der Waals surface area contributed by atoms with E-state index < -0.39 is 23.3 Å². The molecule has 0 aromatic heterocycles. The van der Waals surface area contributed by atoms with Crippen LogP contribution in [0.3, 0.4) is 0 Å². The molecule has 0 saturated carbocycles. The minimum Gasteiger partial charge on any atom is -0.481 e. The molecule has 1 aromatic rings. The van der Waals surface area contributed by atoms with E-state index in [9.17, 15) is 19.5 Å². The molecular weight excluding hydrogens is 284 g/mol. The van der Waals surface area contributed by atoms with Crippen molar-refractivity contribution in [3.05, 3.63) is 35.9 Å². The molecule has 120 valence electrons. The van der Waals surface area contributed by atoms with E-state index in [1.807, 2.05) is 6.07 Å². The van der Waals surface area contributed by atoms with Crippen LogP contribution in [-0.4, -0.2) is 35.5 Å². The second-order valence-electron chi connectivity index (χ2n) is 5.25. The number of carbonyl (C=O) groups is 3. The lowest BCUT2D eigenvalue weighted by molar-refractivity contribution is -0.144. The number of nitrogens with one attached hydrogen (secondary N) is 2. The fourth-order valence-corrected chi connectivity index (χ4v) is 2.30. The van der Waals surface area contributed by atoms with Crippen LogP contribution in [0.15, 0.2) is 30.3 Å². The first kappa shape index (κ1) is 17.7. The van der Waals surface area contributed by atoms with Crippen LogP contribution in [0.4, 0.5) is 0 Å². The number of hydrogen-bond acceptors (Lipinski definition) is 3. The molecule has 3 N–H and O–H groups in total. The number of carboxylic acids is 1. The van der Waals surface area contributed by atoms with Gasteiger partial charge in [-0.3, -0.25) is 14.4 Å². The molecular formula is C16H22N2O4. The third kappa shape index (κ3) is 4.07. The van der Waals surface area contributed by atoms with Crippen molar-refractivity contribution >= 4 is 17.8 Å². The molecule has 0 saturated heterocycles. The Bertz CT molecular complexity index is 544. The minimum absolute atomic E-state index is 0.0361. The largest absolute Gasteiger partial charge is 0.481 e. The van der Waals surface area contributed by atoms with Crippen LogP contribution < -0.4 is 10.6 Å². The third-order valence-electron chi connectivity index (χ3n) is 3.72. The first-order valence-corrected chi connectivity index (χ1v) is 7.17. The van der Waals surface area contributed by atoms with Crippen molar-refractivity contribution in [3.63, 3.8) is 0 Å². The van der Waals surface area contributed by atoms with Crippen molar-refractivity contribution in [1.82, 2.24) is 10.6 Å². The van der Waals surface area contributed by atoms with Crippen molar-refractivity contribution in [2.45, 2.75) is 38.6 Å². The van der Waals surface area contributed by atoms with Crippen LogP contribution in [0, 0.1) is 0 Å². The SMILES string of the molecule is CCC(CNC(=O)C(C)NC(C)=O)(C(=O)O)c1ccccc1. The fourth-order valence-electron chi connectivity index (χ4n) is 2.30. The van der Waals surface area contributed by atoms with Gasteiger partial charge in [0.15, 0.2) is 0 Å². The van der Waals surface area contributed by atoms with Gasteiger partial charge in [0.05, 0.1) is 0 Å². The highest BCUT2D eigenvalue weighted by Crippen LogP contribution is 2.27. The number of amides is 2. The highest BCUT2D eigenvalue weighted by atomic mass is 16.4. The highest BCUT2D eigenvalue weighted by molar-refractivity contribution is 5.88. The van der Waals surface area contributed by atoms with Gasteiger partial charge in [0.2, 0.25) is 11.8 Å². The second kappa shape index (κ2) is 7.59. The van der Waals surface area contributed by atoms with Crippen molar-refractivity contribution < 1.29 is 19.5 Å². The van der Waals surface area contributed by atoms with Gasteiger partial charge in [-0.2, -0.15) is 0 Å². The summed E-state index contributed by atoms with van der Waals surface area (Å²) in [6.45, 7) is 4.60. The molecule has 0 fully saturated rings. The van der Waals surface area contributed by atoms with Gasteiger partial charge in [-0.15, -0.1) is 0 Å². The summed E-state index contributed by atoms with van der Waals surface area (Å²) in [5.74, 6) is -1.72. The van der Waals surface area contributed by atoms with Gasteiger partial charge in [0.1, 0.15) is 11.5 Å². The summed E-state index contributed by atoms with van der Waals surface area (Å²) in [4.78, 5) is 34.7. The number of carbonyl (C=O) groups excluding carboxylic acids is 2. The predicted octanol–water partition coefficient (Wildman–Crippen LogP) is 1.06. The lowest BCUT2D eigenvalue weighted by atomic mass is 9.78. The Labute approximate surface area is 129 Å². The first-order chi connectivity index (χ1) is 10.3. The number of benzene rings is 1. The zero-order valence-corrected chi connectivity index (χ0v) is 13.1. The van der Waals surface area contributed by atoms with Crippen LogP contribution in [0.2, 0.25) is 0 Å². The van der Waals surface area contributed by atoms with E-state index in [0.717, 1.165) is 0 Å². The standard InChI is InChI=1S/C16H22N2O4/c1-4-16(15(21)22,13-8-6-5-7-9-13)10-17-14(20)11(2)18-12(3)19/h5-9,11H,4,10H2,1-3H3,(H,17,20)(H,18,19)(H,21,22). The summed E-state index contributed by atoms with van der Waals surface area (Å²) in [5, 5.41) is 14.7. The summed E-state index contributed by atoms with van der Waals surface area (Å²) < 4.78 is 0. The minimum atomic E-state index is -1.19. The molecule has 2 atom stereocenters. The van der Waals surface area contributed by atoms with E-state index in [2.05, 4.69) is 10.6 Å². The van der Waals surface area contributed by atoms with Crippen LogP contribution in [0.25, 0.3) is 0 Å². The van der Waals surface area contributed by atoms with E-state index in [1.165, 1.54) is 6.92 Å². The van der Waals surface area contributed by atoms with Gasteiger partial charge in [0.25, 0.3) is 0 Å². The maximum absolute atomic E-state index is 12.0. The Morgan fingerprint density at radius 3 is 2.27 bits per heavy atom. The van der Waals surface area contributed by atoms with Crippen molar-refractivity contribution in [2.75, 3.05) is 6.54 Å². The number of carboxylic acid groups (broad SMARTS) is 1. The Morgan fingerprint density at radius 1 is 1.23 bits per heavy atom. The molecule has 2 amide bonds. The second-order valence-corrected chi connectivity index (χ2v) is 5.25. The molecule has 6 heteroatoms. The topological polar surface area (TPSA) is 95.5 Å². The van der Waals surface area contributed by atoms with Gasteiger partial charge < -0.3 is 15.7 Å². The Hall–Kier alpha value is -2.37. The molecule has 6 nitrogen and oxygen atoms in total. The van der Waals surface area contributed by atoms with Crippen molar-refractivity contribution in [2.24, 2.45) is 0 Å². The zero-order chi connectivity index (χ0) is 16.8. The van der Waals surface area contributed by atoms with E-state index in [0.29, 0.717) is 12.0 Å². The summed E-state index contributed by atoms with van der Waals surface area (Å²) >= 11 is 0. The first-order valence-electron chi connectivity index (χ1n) is 7.17. The Kier molecular flexibility index (Phi) is 6.10. The number of rotatable bonds is 7. The van der Waals surface area contributed by atoms with Crippen molar-refractivity contribution in [1.29, 1.82) is 0 Å². The van der Waals surface area contributed by atoms with E-state index in [1.54, 1.807) is 38.1 Å². The maximum Gasteiger partial charge on any atom is 0.315 e. The lowest BCUT2D eigenvalue weighted by Crippen LogP contribution is -2.51. The summed E-state index contributed by atoms with van der Waals surface area (Å²) in [6, 6.07) is 8.11. The Morgan fingerprint density at radius 2 is 1.82 bits per heavy atom. The molecule has 1 rings (SSSR count). The van der Waals surface area contributed by atoms with Gasteiger partial charge in [-0.25, -0.2) is 0 Å². The fraction of sp³-hybridized carbons (Fsp3) is 0.438. The smallest absolute Gasteiger partial charge is 0.315 e. The van der Waals surface area contributed by atoms with Gasteiger partial charge in [-0.1, -0.05) is 37.3 Å². The lowest BCUT2D eigenvalue weighted by Gasteiger charge is -2.29.